The Bertz CT molecular complexity index is 78.6. The minimum atomic E-state index is 0.361. The Hall–Kier alpha value is 0.310. The molecule has 1 rings (SSSR count). The molecule has 0 unspecified atom stereocenters. The summed E-state index contributed by atoms with van der Waals surface area (Å²) in [6, 6.07) is 0. The average Bonchev–Trinajstić information content (AvgIpc) is 2.50. The van der Waals surface area contributed by atoms with E-state index in [2.05, 4.69) is 6.26 Å². The second kappa shape index (κ2) is 2.28. The van der Waals surface area contributed by atoms with Crippen LogP contribution in [0.5, 0.6) is 0 Å². The minimum Gasteiger partial charge on any atom is -0.396 e. The van der Waals surface area contributed by atoms with E-state index in [1.165, 1.54) is 12.8 Å². The fourth-order valence-corrected chi connectivity index (χ4v) is 1.82. The molecule has 1 N–H and O–H groups in total. The van der Waals surface area contributed by atoms with Crippen molar-refractivity contribution in [3.63, 3.8) is 0 Å². The van der Waals surface area contributed by atoms with Gasteiger partial charge in [-0.25, -0.2) is 0 Å². The van der Waals surface area contributed by atoms with E-state index in [1.807, 2.05) is 11.8 Å². The van der Waals surface area contributed by atoms with Crippen molar-refractivity contribution >= 4 is 11.8 Å². The fourth-order valence-electron chi connectivity index (χ4n) is 0.831. The normalized spacial score (nSPS) is 23.2. The summed E-state index contributed by atoms with van der Waals surface area (Å²) in [6.07, 6.45) is 4.57. The maximum atomic E-state index is 8.77. The summed E-state index contributed by atoms with van der Waals surface area (Å²) >= 11 is 1.84. The van der Waals surface area contributed by atoms with Crippen LogP contribution in [-0.2, 0) is 0 Å². The van der Waals surface area contributed by atoms with Crippen molar-refractivity contribution in [3.05, 3.63) is 0 Å². The first-order valence-corrected chi connectivity index (χ1v) is 4.32. The quantitative estimate of drug-likeness (QED) is 0.621. The minimum absolute atomic E-state index is 0.361. The highest BCUT2D eigenvalue weighted by molar-refractivity contribution is 7.98. The molecular weight excluding hydrogens is 120 g/mol. The van der Waals surface area contributed by atoms with E-state index in [1.54, 1.807) is 0 Å². The zero-order chi connectivity index (χ0) is 6.04. The molecular formula is C6H12OS. The van der Waals surface area contributed by atoms with Crippen LogP contribution in [0.15, 0.2) is 0 Å². The second-order valence-corrected chi connectivity index (χ2v) is 3.46. The van der Waals surface area contributed by atoms with E-state index in [0.717, 1.165) is 5.75 Å². The topological polar surface area (TPSA) is 20.2 Å². The van der Waals surface area contributed by atoms with Crippen molar-refractivity contribution < 1.29 is 5.11 Å². The molecule has 0 aromatic rings. The van der Waals surface area contributed by atoms with Crippen LogP contribution in [-0.4, -0.2) is 23.7 Å². The molecule has 0 bridgehead atoms. The molecule has 1 aliphatic rings. The number of rotatable bonds is 3. The Morgan fingerprint density at radius 3 is 2.38 bits per heavy atom. The molecule has 1 nitrogen and oxygen atoms in total. The molecule has 1 fully saturated rings. The van der Waals surface area contributed by atoms with E-state index in [0.29, 0.717) is 12.0 Å². The second-order valence-electron chi connectivity index (χ2n) is 2.59. The molecule has 0 aromatic carbocycles. The third-order valence-corrected chi connectivity index (χ3v) is 2.64. The first kappa shape index (κ1) is 6.43. The summed E-state index contributed by atoms with van der Waals surface area (Å²) in [4.78, 5) is 0. The summed E-state index contributed by atoms with van der Waals surface area (Å²) in [7, 11) is 0. The van der Waals surface area contributed by atoms with E-state index in [-0.39, 0.29) is 0 Å². The highest BCUT2D eigenvalue weighted by Gasteiger charge is 2.41. The highest BCUT2D eigenvalue weighted by atomic mass is 32.2. The van der Waals surface area contributed by atoms with E-state index < -0.39 is 0 Å². The van der Waals surface area contributed by atoms with Gasteiger partial charge in [-0.3, -0.25) is 0 Å². The first-order valence-electron chi connectivity index (χ1n) is 2.93. The molecule has 0 radical (unpaired) electrons. The van der Waals surface area contributed by atoms with E-state index in [4.69, 9.17) is 5.11 Å². The number of thioether (sulfide) groups is 1. The van der Waals surface area contributed by atoms with Gasteiger partial charge in [0, 0.05) is 17.8 Å². The zero-order valence-corrected chi connectivity index (χ0v) is 6.00. The third kappa shape index (κ3) is 1.17. The first-order chi connectivity index (χ1) is 3.83. The fraction of sp³-hybridized carbons (Fsp3) is 1.00. The van der Waals surface area contributed by atoms with Crippen molar-refractivity contribution in [1.82, 2.24) is 0 Å². The lowest BCUT2D eigenvalue weighted by Gasteiger charge is -2.06. The van der Waals surface area contributed by atoms with Crippen LogP contribution in [0.1, 0.15) is 12.8 Å². The van der Waals surface area contributed by atoms with E-state index in [9.17, 15) is 0 Å². The van der Waals surface area contributed by atoms with Gasteiger partial charge in [-0.15, -0.1) is 0 Å². The third-order valence-electron chi connectivity index (χ3n) is 1.74. The number of aliphatic hydroxyl groups is 1. The van der Waals surface area contributed by atoms with Gasteiger partial charge in [0.1, 0.15) is 0 Å². The maximum absolute atomic E-state index is 8.77. The van der Waals surface area contributed by atoms with Gasteiger partial charge in [0.2, 0.25) is 0 Å². The van der Waals surface area contributed by atoms with Gasteiger partial charge in [0.05, 0.1) is 0 Å². The highest BCUT2D eigenvalue weighted by Crippen LogP contribution is 2.46. The van der Waals surface area contributed by atoms with Crippen LogP contribution in [0, 0.1) is 5.41 Å². The van der Waals surface area contributed by atoms with Gasteiger partial charge in [0.25, 0.3) is 0 Å². The molecule has 2 heteroatoms. The Kier molecular flexibility index (Phi) is 1.83. The summed E-state index contributed by atoms with van der Waals surface area (Å²) in [6.45, 7) is 0.397. The molecule has 1 aliphatic carbocycles. The van der Waals surface area contributed by atoms with E-state index >= 15 is 0 Å². The lowest BCUT2D eigenvalue weighted by atomic mass is 10.2. The lowest BCUT2D eigenvalue weighted by Crippen LogP contribution is -2.08. The predicted octanol–water partition coefficient (Wildman–Crippen LogP) is 1.12. The van der Waals surface area contributed by atoms with Crippen LogP contribution in [0.25, 0.3) is 0 Å². The van der Waals surface area contributed by atoms with Gasteiger partial charge in [-0.05, 0) is 19.1 Å². The van der Waals surface area contributed by atoms with Gasteiger partial charge < -0.3 is 5.11 Å². The molecule has 48 valence electrons. The zero-order valence-electron chi connectivity index (χ0n) is 5.18. The van der Waals surface area contributed by atoms with Crippen LogP contribution in [0.3, 0.4) is 0 Å². The Morgan fingerprint density at radius 2 is 2.25 bits per heavy atom. The molecule has 0 amide bonds. The number of aliphatic hydroxyl groups excluding tert-OH is 1. The lowest BCUT2D eigenvalue weighted by molar-refractivity contribution is 0.227. The Labute approximate surface area is 54.5 Å². The summed E-state index contributed by atoms with van der Waals surface area (Å²) in [5.41, 5.74) is 0.361. The molecule has 1 saturated carbocycles. The van der Waals surface area contributed by atoms with Crippen molar-refractivity contribution in [3.8, 4) is 0 Å². The molecule has 0 heterocycles. The van der Waals surface area contributed by atoms with Gasteiger partial charge in [0.15, 0.2) is 0 Å². The largest absolute Gasteiger partial charge is 0.396 e. The van der Waals surface area contributed by atoms with Gasteiger partial charge >= 0.3 is 0 Å². The van der Waals surface area contributed by atoms with Gasteiger partial charge in [-0.2, -0.15) is 11.8 Å². The van der Waals surface area contributed by atoms with Gasteiger partial charge in [-0.1, -0.05) is 0 Å². The smallest absolute Gasteiger partial charge is 0.0495 e. The molecule has 8 heavy (non-hydrogen) atoms. The number of hydrogen-bond donors (Lipinski definition) is 1. The number of hydrogen-bond acceptors (Lipinski definition) is 2. The van der Waals surface area contributed by atoms with Crippen molar-refractivity contribution in [1.29, 1.82) is 0 Å². The molecule has 0 spiro atoms. The van der Waals surface area contributed by atoms with Crippen molar-refractivity contribution in [2.75, 3.05) is 18.6 Å². The van der Waals surface area contributed by atoms with Crippen molar-refractivity contribution in [2.24, 2.45) is 5.41 Å². The van der Waals surface area contributed by atoms with Crippen LogP contribution >= 0.6 is 11.8 Å². The standard InChI is InChI=1S/C6H12OS/c1-8-5-6(4-7)2-3-6/h7H,2-5H2,1H3. The van der Waals surface area contributed by atoms with Crippen LogP contribution < -0.4 is 0 Å². The average molecular weight is 132 g/mol. The molecule has 0 saturated heterocycles. The molecule has 0 aromatic heterocycles. The summed E-state index contributed by atoms with van der Waals surface area (Å²) in [5.74, 6) is 1.14. The Balaban J connectivity index is 2.20. The summed E-state index contributed by atoms with van der Waals surface area (Å²) in [5, 5.41) is 8.77. The van der Waals surface area contributed by atoms with Crippen LogP contribution in [0.2, 0.25) is 0 Å². The maximum Gasteiger partial charge on any atom is 0.0495 e. The predicted molar refractivity (Wildman–Crippen MR) is 37.1 cm³/mol. The molecule has 0 aliphatic heterocycles. The monoisotopic (exact) mass is 132 g/mol. The van der Waals surface area contributed by atoms with Crippen molar-refractivity contribution in [2.45, 2.75) is 12.8 Å². The summed E-state index contributed by atoms with van der Waals surface area (Å²) < 4.78 is 0. The van der Waals surface area contributed by atoms with Crippen LogP contribution in [0.4, 0.5) is 0 Å². The Morgan fingerprint density at radius 1 is 1.62 bits per heavy atom. The SMILES string of the molecule is CSCC1(CO)CC1. The molecule has 0 atom stereocenters.